The lowest BCUT2D eigenvalue weighted by molar-refractivity contribution is -0.151. The van der Waals surface area contributed by atoms with Crippen molar-refractivity contribution < 1.29 is 24.5 Å². The average Bonchev–Trinajstić information content (AvgIpc) is 3.16. The molecule has 54 heavy (non-hydrogen) atoms. The van der Waals surface area contributed by atoms with Crippen molar-refractivity contribution >= 4 is 11.9 Å². The summed E-state index contributed by atoms with van der Waals surface area (Å²) < 4.78 is 5.90. The molecular weight excluding hydrogens is 671 g/mol. The van der Waals surface area contributed by atoms with Gasteiger partial charge in [0.25, 0.3) is 0 Å². The Hall–Kier alpha value is -1.40. The molecule has 0 rings (SSSR count). The van der Waals surface area contributed by atoms with Crippen LogP contribution in [0.5, 0.6) is 0 Å². The number of allylic oxidation sites excluding steroid dienone is 2. The van der Waals surface area contributed by atoms with Crippen molar-refractivity contribution in [3.8, 4) is 0 Å². The van der Waals surface area contributed by atoms with Crippen molar-refractivity contribution in [2.75, 3.05) is 6.61 Å². The van der Waals surface area contributed by atoms with Crippen molar-refractivity contribution in [2.24, 2.45) is 0 Å². The lowest BCUT2D eigenvalue weighted by Crippen LogP contribution is -2.46. The Morgan fingerprint density at radius 1 is 0.519 bits per heavy atom. The van der Waals surface area contributed by atoms with Gasteiger partial charge in [0.15, 0.2) is 0 Å². The first-order valence-corrected chi connectivity index (χ1v) is 23.9. The van der Waals surface area contributed by atoms with Gasteiger partial charge in [-0.25, -0.2) is 0 Å². The molecule has 320 valence electrons. The molecule has 6 heteroatoms. The molecule has 3 N–H and O–H groups in total. The number of hydrogen-bond acceptors (Lipinski definition) is 5. The second-order valence-corrected chi connectivity index (χ2v) is 16.5. The summed E-state index contributed by atoms with van der Waals surface area (Å²) in [6.07, 6.45) is 45.6. The van der Waals surface area contributed by atoms with E-state index in [1.807, 2.05) is 0 Å². The second-order valence-electron chi connectivity index (χ2n) is 16.5. The number of hydrogen-bond donors (Lipinski definition) is 3. The van der Waals surface area contributed by atoms with Crippen LogP contribution in [0.4, 0.5) is 0 Å². The van der Waals surface area contributed by atoms with E-state index in [0.717, 1.165) is 64.2 Å². The minimum absolute atomic E-state index is 0.0806. The first kappa shape index (κ1) is 52.6. The fraction of sp³-hybridized carbons (Fsp3) is 0.917. The first-order valence-electron chi connectivity index (χ1n) is 23.9. The van der Waals surface area contributed by atoms with E-state index in [9.17, 15) is 19.8 Å². The minimum Gasteiger partial charge on any atom is -0.462 e. The van der Waals surface area contributed by atoms with Crippen molar-refractivity contribution in [2.45, 2.75) is 277 Å². The van der Waals surface area contributed by atoms with Gasteiger partial charge in [0.1, 0.15) is 6.10 Å². The average molecular weight is 764 g/mol. The van der Waals surface area contributed by atoms with Crippen LogP contribution in [-0.4, -0.2) is 46.9 Å². The first-order chi connectivity index (χ1) is 26.5. The van der Waals surface area contributed by atoms with Crippen LogP contribution >= 0.6 is 0 Å². The number of aliphatic hydroxyl groups is 2. The molecule has 0 saturated heterocycles. The van der Waals surface area contributed by atoms with Crippen LogP contribution in [0.25, 0.3) is 0 Å². The Bertz CT molecular complexity index is 817. The summed E-state index contributed by atoms with van der Waals surface area (Å²) in [7, 11) is 0. The highest BCUT2D eigenvalue weighted by Crippen LogP contribution is 2.18. The van der Waals surface area contributed by atoms with Crippen molar-refractivity contribution in [1.29, 1.82) is 0 Å². The van der Waals surface area contributed by atoms with Crippen molar-refractivity contribution in [3.63, 3.8) is 0 Å². The van der Waals surface area contributed by atoms with Crippen LogP contribution < -0.4 is 5.32 Å². The molecule has 3 atom stereocenters. The molecule has 0 aromatic heterocycles. The van der Waals surface area contributed by atoms with Crippen molar-refractivity contribution in [3.05, 3.63) is 12.2 Å². The Labute approximate surface area is 336 Å². The van der Waals surface area contributed by atoms with Gasteiger partial charge in [0.05, 0.1) is 25.2 Å². The zero-order valence-electron chi connectivity index (χ0n) is 36.4. The lowest BCUT2D eigenvalue weighted by Gasteiger charge is -2.24. The number of unbranched alkanes of at least 4 members (excludes halogenated alkanes) is 29. The predicted octanol–water partition coefficient (Wildman–Crippen LogP) is 13.8. The van der Waals surface area contributed by atoms with Gasteiger partial charge < -0.3 is 20.3 Å². The van der Waals surface area contributed by atoms with Gasteiger partial charge in [0.2, 0.25) is 5.91 Å². The third-order valence-electron chi connectivity index (χ3n) is 11.1. The number of nitrogens with one attached hydrogen (secondary N) is 1. The van der Waals surface area contributed by atoms with E-state index in [1.54, 1.807) is 0 Å². The van der Waals surface area contributed by atoms with Gasteiger partial charge in [-0.2, -0.15) is 0 Å². The fourth-order valence-electron chi connectivity index (χ4n) is 7.43. The van der Waals surface area contributed by atoms with Gasteiger partial charge in [-0.3, -0.25) is 9.59 Å². The molecule has 3 unspecified atom stereocenters. The fourth-order valence-corrected chi connectivity index (χ4v) is 7.43. The summed E-state index contributed by atoms with van der Waals surface area (Å²) in [6, 6.07) is -0.694. The molecule has 0 aliphatic heterocycles. The Balaban J connectivity index is 4.53. The van der Waals surface area contributed by atoms with Crippen LogP contribution in [0.2, 0.25) is 0 Å². The number of esters is 1. The summed E-state index contributed by atoms with van der Waals surface area (Å²) in [5.74, 6) is -0.474. The van der Waals surface area contributed by atoms with Gasteiger partial charge in [-0.05, 0) is 44.9 Å². The van der Waals surface area contributed by atoms with E-state index < -0.39 is 18.2 Å². The quantitative estimate of drug-likeness (QED) is 0.0326. The van der Waals surface area contributed by atoms with Crippen LogP contribution in [0.1, 0.15) is 258 Å². The van der Waals surface area contributed by atoms with E-state index in [4.69, 9.17) is 4.74 Å². The standard InChI is InChI=1S/C48H93NO5/c1-4-7-10-13-16-19-21-22-23-24-25-26-28-30-33-36-39-44(54-48(53)41-38-35-32-29-20-17-14-11-8-5-2)42-47(52)49-45(43-50)46(51)40-37-34-31-27-18-15-12-9-6-3/h11,14,44-46,50-51H,4-10,12-13,15-43H2,1-3H3,(H,49,52)/b14-11-. The Kier molecular flexibility index (Phi) is 41.6. The normalized spacial score (nSPS) is 13.4. The number of amides is 1. The number of aliphatic hydroxyl groups excluding tert-OH is 2. The van der Waals surface area contributed by atoms with Gasteiger partial charge in [-0.15, -0.1) is 0 Å². The molecule has 0 aliphatic carbocycles. The third kappa shape index (κ3) is 37.5. The van der Waals surface area contributed by atoms with E-state index in [1.165, 1.54) is 148 Å². The Morgan fingerprint density at radius 2 is 0.926 bits per heavy atom. The molecule has 1 amide bonds. The summed E-state index contributed by atoms with van der Waals surface area (Å²) >= 11 is 0. The molecule has 0 radical (unpaired) electrons. The molecule has 0 spiro atoms. The number of ether oxygens (including phenoxy) is 1. The zero-order valence-corrected chi connectivity index (χ0v) is 36.4. The topological polar surface area (TPSA) is 95.9 Å². The summed E-state index contributed by atoms with van der Waals surface area (Å²) in [4.78, 5) is 26.0. The SMILES string of the molecule is CCC/C=C\CCCCCCCC(=O)OC(CCCCCCCCCCCCCCCCCC)CC(=O)NC(CO)C(O)CCCCCCCCCCC. The highest BCUT2D eigenvalue weighted by atomic mass is 16.5. The zero-order chi connectivity index (χ0) is 39.6. The van der Waals surface area contributed by atoms with Gasteiger partial charge >= 0.3 is 5.97 Å². The maximum Gasteiger partial charge on any atom is 0.306 e. The third-order valence-corrected chi connectivity index (χ3v) is 11.1. The molecule has 0 aromatic rings. The molecule has 0 heterocycles. The van der Waals surface area contributed by atoms with Gasteiger partial charge in [-0.1, -0.05) is 213 Å². The lowest BCUT2D eigenvalue weighted by atomic mass is 10.0. The highest BCUT2D eigenvalue weighted by molar-refractivity contribution is 5.77. The summed E-state index contributed by atoms with van der Waals surface area (Å²) in [5, 5.41) is 23.6. The maximum atomic E-state index is 13.1. The van der Waals surface area contributed by atoms with E-state index in [0.29, 0.717) is 19.3 Å². The molecule has 0 aliphatic rings. The predicted molar refractivity (Wildman–Crippen MR) is 232 cm³/mol. The summed E-state index contributed by atoms with van der Waals surface area (Å²) in [5.41, 5.74) is 0. The molecule has 0 saturated carbocycles. The van der Waals surface area contributed by atoms with Crippen molar-refractivity contribution in [1.82, 2.24) is 5.32 Å². The van der Waals surface area contributed by atoms with E-state index in [-0.39, 0.29) is 24.9 Å². The number of carbonyl (C=O) groups is 2. The van der Waals surface area contributed by atoms with Crippen LogP contribution in [-0.2, 0) is 14.3 Å². The molecule has 0 bridgehead atoms. The second kappa shape index (κ2) is 42.7. The number of rotatable bonds is 43. The Morgan fingerprint density at radius 3 is 1.39 bits per heavy atom. The highest BCUT2D eigenvalue weighted by Gasteiger charge is 2.24. The van der Waals surface area contributed by atoms with E-state index in [2.05, 4.69) is 38.2 Å². The van der Waals surface area contributed by atoms with Crippen LogP contribution in [0.3, 0.4) is 0 Å². The minimum atomic E-state index is -0.780. The summed E-state index contributed by atoms with van der Waals surface area (Å²) in [6.45, 7) is 6.41. The largest absolute Gasteiger partial charge is 0.462 e. The van der Waals surface area contributed by atoms with Gasteiger partial charge in [0, 0.05) is 6.42 Å². The van der Waals surface area contributed by atoms with E-state index >= 15 is 0 Å². The number of carbonyl (C=O) groups excluding carboxylic acids is 2. The molecular formula is C48H93NO5. The monoisotopic (exact) mass is 764 g/mol. The van der Waals surface area contributed by atoms with Crippen LogP contribution in [0.15, 0.2) is 12.2 Å². The molecule has 6 nitrogen and oxygen atoms in total. The molecule has 0 aromatic carbocycles. The maximum absolute atomic E-state index is 13.1. The smallest absolute Gasteiger partial charge is 0.306 e. The molecule has 0 fully saturated rings. The van der Waals surface area contributed by atoms with Crippen LogP contribution in [0, 0.1) is 0 Å².